The molecular formula is C34H42LiNO6P2Se2. The Bertz CT molecular complexity index is 1310. The van der Waals surface area contributed by atoms with Gasteiger partial charge in [-0.3, -0.25) is 0 Å². The van der Waals surface area contributed by atoms with Crippen LogP contribution in [0.2, 0.25) is 0 Å². The molecule has 0 aromatic heterocycles. The van der Waals surface area contributed by atoms with Crippen LogP contribution in [0.5, 0.6) is 0 Å². The second-order valence-corrected chi connectivity index (χ2v) is 21.4. The van der Waals surface area contributed by atoms with E-state index in [0.717, 1.165) is 0 Å². The number of rotatable bonds is 5. The fourth-order valence-electron chi connectivity index (χ4n) is 4.30. The van der Waals surface area contributed by atoms with Crippen molar-refractivity contribution in [2.24, 2.45) is 4.52 Å². The van der Waals surface area contributed by atoms with Gasteiger partial charge >= 0.3 is 208 Å². The summed E-state index contributed by atoms with van der Waals surface area (Å²) in [6.07, 6.45) is 0. The zero-order valence-electron chi connectivity index (χ0n) is 26.3. The Labute approximate surface area is 301 Å². The Morgan fingerprint density at radius 3 is 0.891 bits per heavy atom. The maximum atomic E-state index is 5.73. The van der Waals surface area contributed by atoms with Crippen LogP contribution in [0.15, 0.2) is 126 Å². The minimum atomic E-state index is -2.11. The van der Waals surface area contributed by atoms with Gasteiger partial charge in [-0.25, -0.2) is 0 Å². The molecule has 12 heteroatoms. The topological polar surface area (TPSA) is 90.0 Å². The van der Waals surface area contributed by atoms with Crippen molar-refractivity contribution < 1.29 is 48.0 Å². The van der Waals surface area contributed by atoms with E-state index in [-0.39, 0.29) is 24.3 Å². The van der Waals surface area contributed by atoms with E-state index in [9.17, 15) is 0 Å². The van der Waals surface area contributed by atoms with E-state index in [2.05, 4.69) is 152 Å². The van der Waals surface area contributed by atoms with E-state index < -0.39 is 11.4 Å². The van der Waals surface area contributed by atoms with E-state index in [1.165, 1.54) is 21.2 Å². The van der Waals surface area contributed by atoms with Crippen LogP contribution in [0.25, 0.3) is 0 Å². The molecule has 0 spiro atoms. The zero-order chi connectivity index (χ0) is 30.8. The van der Waals surface area contributed by atoms with Gasteiger partial charge in [-0.15, -0.1) is 0 Å². The van der Waals surface area contributed by atoms with Crippen LogP contribution in [0.4, 0.5) is 0 Å². The third-order valence-corrected chi connectivity index (χ3v) is 20.6. The van der Waals surface area contributed by atoms with Crippen molar-refractivity contribution >= 4 is 63.3 Å². The molecule has 1 aliphatic heterocycles. The molecule has 4 aromatic carbocycles. The Balaban J connectivity index is 0.000000371. The van der Waals surface area contributed by atoms with Crippen LogP contribution in [-0.4, -0.2) is 102 Å². The zero-order valence-corrected chi connectivity index (χ0v) is 31.5. The first kappa shape index (κ1) is 41.1. The molecule has 242 valence electrons. The molecule has 0 bridgehead atoms. The molecule has 0 saturated carbocycles. The maximum absolute atomic E-state index is 5.73. The summed E-state index contributed by atoms with van der Waals surface area (Å²) >= 11 is 7.14. The van der Waals surface area contributed by atoms with Gasteiger partial charge in [0.15, 0.2) is 0 Å². The van der Waals surface area contributed by atoms with E-state index in [4.69, 9.17) is 28.2 Å². The number of hydrogen-bond donors (Lipinski definition) is 0. The quantitative estimate of drug-likeness (QED) is 0.221. The third kappa shape index (κ3) is 13.1. The van der Waals surface area contributed by atoms with E-state index in [1.54, 1.807) is 0 Å². The van der Waals surface area contributed by atoms with Gasteiger partial charge in [0.1, 0.15) is 0 Å². The number of hydrogen-bond acceptors (Lipinski definition) is 6. The van der Waals surface area contributed by atoms with Crippen molar-refractivity contribution in [3.63, 3.8) is 0 Å². The number of ether oxygens (including phenoxy) is 5. The van der Waals surface area contributed by atoms with Crippen LogP contribution in [0, 0.1) is 0 Å². The van der Waals surface area contributed by atoms with Gasteiger partial charge < -0.3 is 29.2 Å². The summed E-state index contributed by atoms with van der Waals surface area (Å²) in [4.78, 5) is 0. The molecule has 0 aliphatic carbocycles. The Hall–Kier alpha value is -1.06. The fourth-order valence-corrected chi connectivity index (χ4v) is 19.6. The fraction of sp³-hybridized carbons (Fsp3) is 0.294. The Morgan fingerprint density at radius 1 is 0.435 bits per heavy atom. The summed E-state index contributed by atoms with van der Waals surface area (Å²) in [6, 6.07) is 42.6. The molecule has 5 rings (SSSR count). The summed E-state index contributed by atoms with van der Waals surface area (Å²) in [6.45, 7) is 6.11. The molecule has 1 heterocycles. The van der Waals surface area contributed by atoms with Crippen molar-refractivity contribution in [1.82, 2.24) is 0 Å². The molecule has 1 saturated heterocycles. The van der Waals surface area contributed by atoms with Crippen molar-refractivity contribution in [1.29, 1.82) is 0 Å². The average molecular weight is 788 g/mol. The molecule has 0 unspecified atom stereocenters. The van der Waals surface area contributed by atoms with Crippen molar-refractivity contribution in [3.05, 3.63) is 121 Å². The molecule has 0 radical (unpaired) electrons. The summed E-state index contributed by atoms with van der Waals surface area (Å²) < 4.78 is 32.1. The van der Waals surface area contributed by atoms with Gasteiger partial charge in [0.2, 0.25) is 0 Å². The number of nitrogens with zero attached hydrogens (tertiary/aromatic N) is 1. The first-order valence-corrected chi connectivity index (χ1v) is 22.6. The SMILES string of the molecule is C1COCCOCCOCCOCCO1.O.[Li+].[Se]=P(N=P([Se-])(c1ccccc1)c1ccccc1)(c1ccccc1)c1ccccc1. The molecule has 4 aromatic rings. The van der Waals surface area contributed by atoms with Crippen LogP contribution in [-0.2, 0) is 23.7 Å². The number of benzene rings is 4. The van der Waals surface area contributed by atoms with Gasteiger partial charge in [0.25, 0.3) is 0 Å². The predicted octanol–water partition coefficient (Wildman–Crippen LogP) is 0.852. The van der Waals surface area contributed by atoms with E-state index >= 15 is 0 Å². The Morgan fingerprint density at radius 2 is 0.652 bits per heavy atom. The summed E-state index contributed by atoms with van der Waals surface area (Å²) in [5.41, 5.74) is -2.11. The predicted molar refractivity (Wildman–Crippen MR) is 190 cm³/mol. The Kier molecular flexibility index (Phi) is 20.8. The van der Waals surface area contributed by atoms with Crippen molar-refractivity contribution in [2.45, 2.75) is 0 Å². The molecule has 2 N–H and O–H groups in total. The van der Waals surface area contributed by atoms with Gasteiger partial charge in [-0.1, -0.05) is 0 Å². The molecule has 7 nitrogen and oxygen atoms in total. The van der Waals surface area contributed by atoms with Gasteiger partial charge in [0.05, 0.1) is 66.1 Å². The summed E-state index contributed by atoms with van der Waals surface area (Å²) in [7, 11) is 0. The second kappa shape index (κ2) is 23.3. The standard InChI is InChI=1S/C24H20NP2Se2.C10H20O5.Li.H2O/c28-26(21-13-5-1-6-14-21,22-15-7-2-8-16-22)25-27(29,23-17-9-3-10-18-23)24-19-11-4-12-20-24;1-2-12-5-6-14-9-10-15-8-7-13-4-3-11-1;;/h1-20H;1-10H2;;1H2/q-1;;+1;. The first-order valence-electron chi connectivity index (χ1n) is 14.7. The monoisotopic (exact) mass is 789 g/mol. The van der Waals surface area contributed by atoms with Gasteiger partial charge in [-0.05, 0) is 0 Å². The third-order valence-electron chi connectivity index (χ3n) is 6.54. The van der Waals surface area contributed by atoms with E-state index in [0.29, 0.717) is 66.1 Å². The first-order chi connectivity index (χ1) is 21.6. The van der Waals surface area contributed by atoms with Gasteiger partial charge in [0, 0.05) is 0 Å². The summed E-state index contributed by atoms with van der Waals surface area (Å²) in [5, 5.41) is 4.99. The van der Waals surface area contributed by atoms with Crippen LogP contribution in [0.1, 0.15) is 0 Å². The molecule has 46 heavy (non-hydrogen) atoms. The molecule has 0 atom stereocenters. The molecule has 0 amide bonds. The van der Waals surface area contributed by atoms with Crippen LogP contribution in [0.3, 0.4) is 0 Å². The van der Waals surface area contributed by atoms with E-state index in [1.807, 2.05) is 0 Å². The molecule has 1 aliphatic rings. The average Bonchev–Trinajstić information content (AvgIpc) is 3.10. The van der Waals surface area contributed by atoms with Crippen LogP contribution >= 0.6 is 11.4 Å². The molecular weight excluding hydrogens is 745 g/mol. The van der Waals surface area contributed by atoms with Gasteiger partial charge in [-0.2, -0.15) is 0 Å². The van der Waals surface area contributed by atoms with Crippen molar-refractivity contribution in [2.75, 3.05) is 66.1 Å². The van der Waals surface area contributed by atoms with Crippen molar-refractivity contribution in [3.8, 4) is 0 Å². The normalized spacial score (nSPS) is 15.2. The summed E-state index contributed by atoms with van der Waals surface area (Å²) in [5.74, 6) is -2.11. The minimum absolute atomic E-state index is 0. The second-order valence-electron chi connectivity index (χ2n) is 9.65. The van der Waals surface area contributed by atoms with Crippen LogP contribution < -0.4 is 40.1 Å². The molecule has 1 fully saturated rings.